The molecule has 13 heavy (non-hydrogen) atoms. The van der Waals surface area contributed by atoms with Gasteiger partial charge < -0.3 is 10.2 Å². The van der Waals surface area contributed by atoms with Crippen LogP contribution in [0.3, 0.4) is 0 Å². The molecule has 5 heteroatoms. The van der Waals surface area contributed by atoms with Crippen LogP contribution in [0.25, 0.3) is 0 Å². The summed E-state index contributed by atoms with van der Waals surface area (Å²) in [6.07, 6.45) is 0. The molecule has 0 amide bonds. The molecule has 0 aliphatic carbocycles. The van der Waals surface area contributed by atoms with Crippen molar-refractivity contribution in [2.45, 2.75) is 27.7 Å². The molecule has 0 fully saturated rings. The minimum absolute atomic E-state index is 0. The second kappa shape index (κ2) is 17.4. The van der Waals surface area contributed by atoms with Crippen molar-refractivity contribution in [3.8, 4) is 0 Å². The Bertz CT molecular complexity index is 114. The summed E-state index contributed by atoms with van der Waals surface area (Å²) in [6, 6.07) is 0. The molecule has 0 aromatic rings. The predicted octanol–water partition coefficient (Wildman–Crippen LogP) is 1.76. The van der Waals surface area contributed by atoms with Gasteiger partial charge in [0.05, 0.1) is 0 Å². The maximum atomic E-state index is 9.00. The Labute approximate surface area is 92.3 Å². The molecule has 0 spiro atoms. The summed E-state index contributed by atoms with van der Waals surface area (Å²) < 4.78 is 0. The predicted molar refractivity (Wildman–Crippen MR) is 47.1 cm³/mol. The van der Waals surface area contributed by atoms with E-state index in [2.05, 4.69) is 6.58 Å². The van der Waals surface area contributed by atoms with Crippen LogP contribution in [0.2, 0.25) is 0 Å². The summed E-state index contributed by atoms with van der Waals surface area (Å²) in [5, 5.41) is 14.8. The molecule has 0 aliphatic heterocycles. The molecule has 0 rings (SSSR count). The van der Waals surface area contributed by atoms with Gasteiger partial charge in [0, 0.05) is 34.3 Å². The van der Waals surface area contributed by atoms with E-state index >= 15 is 0 Å². The Morgan fingerprint density at radius 1 is 0.923 bits per heavy atom. The number of allylic oxidation sites excluding steroid dienone is 1. The molecule has 2 N–H and O–H groups in total. The van der Waals surface area contributed by atoms with Gasteiger partial charge in [0.15, 0.2) is 0 Å². The average Bonchev–Trinajstić information content (AvgIpc) is 1.54. The molecular formula is C8H16O4Pd. The molecule has 82 valence electrons. The van der Waals surface area contributed by atoms with Crippen LogP contribution in [0.4, 0.5) is 0 Å². The van der Waals surface area contributed by atoms with Crippen molar-refractivity contribution in [3.05, 3.63) is 12.2 Å². The quantitative estimate of drug-likeness (QED) is 0.524. The zero-order chi connectivity index (χ0) is 10.7. The van der Waals surface area contributed by atoms with Crippen molar-refractivity contribution < 1.29 is 40.2 Å². The zero-order valence-electron chi connectivity index (χ0n) is 8.23. The van der Waals surface area contributed by atoms with Gasteiger partial charge in [0.1, 0.15) is 0 Å². The van der Waals surface area contributed by atoms with E-state index in [4.69, 9.17) is 19.8 Å². The molecule has 4 nitrogen and oxygen atoms in total. The normalized spacial score (nSPS) is 5.85. The molecule has 0 saturated carbocycles. The summed E-state index contributed by atoms with van der Waals surface area (Å²) in [5.74, 6) is -1.67. The van der Waals surface area contributed by atoms with Gasteiger partial charge >= 0.3 is 0 Å². The van der Waals surface area contributed by atoms with Gasteiger partial charge in [-0.15, -0.1) is 6.58 Å². The van der Waals surface area contributed by atoms with Gasteiger partial charge in [0.2, 0.25) is 0 Å². The fraction of sp³-hybridized carbons (Fsp3) is 0.500. The second-order valence-corrected chi connectivity index (χ2v) is 2.25. The van der Waals surface area contributed by atoms with E-state index in [1.54, 1.807) is 0 Å². The molecule has 0 aromatic carbocycles. The molecule has 0 saturated heterocycles. The van der Waals surface area contributed by atoms with Crippen LogP contribution >= 0.6 is 0 Å². The van der Waals surface area contributed by atoms with Crippen molar-refractivity contribution in [1.29, 1.82) is 0 Å². The third kappa shape index (κ3) is 2290. The monoisotopic (exact) mass is 282 g/mol. The summed E-state index contributed by atoms with van der Waals surface area (Å²) in [6.45, 7) is 9.67. The van der Waals surface area contributed by atoms with Crippen LogP contribution in [0.1, 0.15) is 27.7 Å². The average molecular weight is 283 g/mol. The molecular weight excluding hydrogens is 267 g/mol. The fourth-order valence-electron chi connectivity index (χ4n) is 0. The fourth-order valence-corrected chi connectivity index (χ4v) is 0. The molecule has 0 unspecified atom stereocenters. The van der Waals surface area contributed by atoms with Crippen LogP contribution < -0.4 is 0 Å². The number of aliphatic carboxylic acids is 2. The van der Waals surface area contributed by atoms with Crippen LogP contribution in [0.5, 0.6) is 0 Å². The van der Waals surface area contributed by atoms with Crippen LogP contribution in [-0.4, -0.2) is 22.2 Å². The van der Waals surface area contributed by atoms with Crippen LogP contribution in [0.15, 0.2) is 12.2 Å². The maximum Gasteiger partial charge on any atom is 0.300 e. The Kier molecular flexibility index (Phi) is 30.6. The summed E-state index contributed by atoms with van der Waals surface area (Å²) >= 11 is 0. The number of carbonyl (C=O) groups is 2. The van der Waals surface area contributed by atoms with E-state index in [-0.39, 0.29) is 20.4 Å². The summed E-state index contributed by atoms with van der Waals surface area (Å²) in [5.41, 5.74) is 1.17. The van der Waals surface area contributed by atoms with E-state index in [0.29, 0.717) is 0 Å². The smallest absolute Gasteiger partial charge is 0.300 e. The zero-order valence-corrected chi connectivity index (χ0v) is 9.79. The van der Waals surface area contributed by atoms with Gasteiger partial charge in [-0.05, 0) is 13.8 Å². The summed E-state index contributed by atoms with van der Waals surface area (Å²) in [4.78, 5) is 18.0. The van der Waals surface area contributed by atoms with Crippen molar-refractivity contribution in [2.75, 3.05) is 0 Å². The minimum Gasteiger partial charge on any atom is -0.481 e. The van der Waals surface area contributed by atoms with E-state index in [9.17, 15) is 0 Å². The van der Waals surface area contributed by atoms with Gasteiger partial charge in [-0.2, -0.15) is 0 Å². The molecule has 0 atom stereocenters. The number of hydrogen-bond acceptors (Lipinski definition) is 2. The Balaban J connectivity index is -0.0000000450. The van der Waals surface area contributed by atoms with Gasteiger partial charge in [-0.25, -0.2) is 0 Å². The SMILES string of the molecule is C=C(C)C.CC(=O)O.CC(=O)O.[Pd]. The van der Waals surface area contributed by atoms with Crippen molar-refractivity contribution >= 4 is 11.9 Å². The second-order valence-electron chi connectivity index (χ2n) is 2.25. The van der Waals surface area contributed by atoms with Gasteiger partial charge in [0.25, 0.3) is 11.9 Å². The Hall–Kier alpha value is -0.658. The van der Waals surface area contributed by atoms with E-state index in [1.807, 2.05) is 13.8 Å². The third-order valence-electron chi connectivity index (χ3n) is 0. The van der Waals surface area contributed by atoms with Crippen molar-refractivity contribution in [1.82, 2.24) is 0 Å². The summed E-state index contributed by atoms with van der Waals surface area (Å²) in [7, 11) is 0. The van der Waals surface area contributed by atoms with E-state index < -0.39 is 11.9 Å². The van der Waals surface area contributed by atoms with Crippen LogP contribution in [-0.2, 0) is 30.0 Å². The van der Waals surface area contributed by atoms with E-state index in [1.165, 1.54) is 5.57 Å². The number of hydrogen-bond donors (Lipinski definition) is 2. The number of carboxylic acids is 2. The largest absolute Gasteiger partial charge is 0.481 e. The molecule has 0 aromatic heterocycles. The maximum absolute atomic E-state index is 9.00. The molecule has 0 radical (unpaired) electrons. The van der Waals surface area contributed by atoms with E-state index in [0.717, 1.165) is 13.8 Å². The molecule has 0 heterocycles. The number of carboxylic acid groups (broad SMARTS) is 2. The standard InChI is InChI=1S/C4H8.2C2H4O2.Pd/c1-4(2)3;2*1-2(3)4;/h1H2,2-3H3;2*1H3,(H,3,4);. The first-order valence-electron chi connectivity index (χ1n) is 3.21. The first-order chi connectivity index (χ1) is 5.20. The topological polar surface area (TPSA) is 74.6 Å². The van der Waals surface area contributed by atoms with Crippen molar-refractivity contribution in [3.63, 3.8) is 0 Å². The number of rotatable bonds is 0. The van der Waals surface area contributed by atoms with Gasteiger partial charge in [-0.1, -0.05) is 5.57 Å². The van der Waals surface area contributed by atoms with Crippen LogP contribution in [0, 0.1) is 0 Å². The molecule has 0 aliphatic rings. The third-order valence-corrected chi connectivity index (χ3v) is 0. The first kappa shape index (κ1) is 22.8. The Morgan fingerprint density at radius 2 is 0.923 bits per heavy atom. The van der Waals surface area contributed by atoms with Gasteiger partial charge in [-0.3, -0.25) is 9.59 Å². The first-order valence-corrected chi connectivity index (χ1v) is 3.21. The molecule has 0 bridgehead atoms. The minimum atomic E-state index is -0.833. The van der Waals surface area contributed by atoms with Crippen molar-refractivity contribution in [2.24, 2.45) is 0 Å². The Morgan fingerprint density at radius 3 is 0.923 bits per heavy atom.